The standard InChI is InChI=1S/C14H14ClN3O5/c1-17-7-8(18(20)21)4-11(17)14(19)16-10-6-12(22-2)9(15)5-13(10)23-3/h4-7H,1-3H3,(H,16,19). The average molecular weight is 340 g/mol. The summed E-state index contributed by atoms with van der Waals surface area (Å²) in [7, 11) is 4.42. The molecule has 0 saturated heterocycles. The monoisotopic (exact) mass is 339 g/mol. The average Bonchev–Trinajstić information content (AvgIpc) is 2.90. The summed E-state index contributed by atoms with van der Waals surface area (Å²) in [5.74, 6) is 0.178. The number of nitrogens with zero attached hydrogens (tertiary/aromatic N) is 2. The molecule has 0 radical (unpaired) electrons. The summed E-state index contributed by atoms with van der Waals surface area (Å²) >= 11 is 6.00. The van der Waals surface area contributed by atoms with Gasteiger partial charge in [-0.3, -0.25) is 14.9 Å². The van der Waals surface area contributed by atoms with Crippen molar-refractivity contribution in [1.29, 1.82) is 0 Å². The number of rotatable bonds is 5. The highest BCUT2D eigenvalue weighted by Gasteiger charge is 2.19. The molecule has 0 atom stereocenters. The Labute approximate surface area is 136 Å². The third-order valence-corrected chi connectivity index (χ3v) is 3.45. The molecule has 0 aliphatic heterocycles. The Hall–Kier alpha value is -2.74. The van der Waals surface area contributed by atoms with Gasteiger partial charge in [0.2, 0.25) is 0 Å². The predicted molar refractivity (Wildman–Crippen MR) is 84.6 cm³/mol. The lowest BCUT2D eigenvalue weighted by atomic mass is 10.2. The first-order valence-corrected chi connectivity index (χ1v) is 6.78. The largest absolute Gasteiger partial charge is 0.495 e. The Balaban J connectivity index is 2.35. The van der Waals surface area contributed by atoms with Crippen LogP contribution in [0.3, 0.4) is 0 Å². The number of halogens is 1. The van der Waals surface area contributed by atoms with Gasteiger partial charge >= 0.3 is 0 Å². The van der Waals surface area contributed by atoms with Gasteiger partial charge in [-0.05, 0) is 0 Å². The Morgan fingerprint density at radius 3 is 2.43 bits per heavy atom. The first-order chi connectivity index (χ1) is 10.9. The van der Waals surface area contributed by atoms with Crippen LogP contribution in [0.2, 0.25) is 5.02 Å². The van der Waals surface area contributed by atoms with Crippen LogP contribution in [0.5, 0.6) is 11.5 Å². The smallest absolute Gasteiger partial charge is 0.287 e. The van der Waals surface area contributed by atoms with Crippen molar-refractivity contribution in [2.75, 3.05) is 19.5 Å². The van der Waals surface area contributed by atoms with E-state index in [1.165, 1.54) is 43.2 Å². The lowest BCUT2D eigenvalue weighted by molar-refractivity contribution is -0.384. The molecule has 23 heavy (non-hydrogen) atoms. The molecule has 1 heterocycles. The molecule has 1 aromatic carbocycles. The molecule has 1 aromatic heterocycles. The van der Waals surface area contributed by atoms with Gasteiger partial charge in [0, 0.05) is 25.2 Å². The maximum absolute atomic E-state index is 12.3. The third-order valence-electron chi connectivity index (χ3n) is 3.16. The molecule has 0 bridgehead atoms. The van der Waals surface area contributed by atoms with Crippen LogP contribution in [-0.2, 0) is 7.05 Å². The third kappa shape index (κ3) is 3.37. The summed E-state index contributed by atoms with van der Waals surface area (Å²) in [6, 6.07) is 4.20. The minimum Gasteiger partial charge on any atom is -0.495 e. The molecule has 0 fully saturated rings. The van der Waals surface area contributed by atoms with E-state index in [2.05, 4.69) is 5.32 Å². The van der Waals surface area contributed by atoms with Crippen molar-refractivity contribution in [3.8, 4) is 11.5 Å². The van der Waals surface area contributed by atoms with Gasteiger partial charge in [-0.25, -0.2) is 0 Å². The molecule has 0 spiro atoms. The molecule has 122 valence electrons. The van der Waals surface area contributed by atoms with Gasteiger partial charge in [0.25, 0.3) is 11.6 Å². The number of hydrogen-bond donors (Lipinski definition) is 1. The van der Waals surface area contributed by atoms with Crippen molar-refractivity contribution >= 4 is 28.9 Å². The molecular formula is C14H14ClN3O5. The molecular weight excluding hydrogens is 326 g/mol. The second-order valence-corrected chi connectivity index (χ2v) is 5.00. The molecule has 0 aliphatic carbocycles. The van der Waals surface area contributed by atoms with Crippen LogP contribution in [-0.4, -0.2) is 29.6 Å². The minimum absolute atomic E-state index is 0.132. The quantitative estimate of drug-likeness (QED) is 0.667. The van der Waals surface area contributed by atoms with E-state index in [0.29, 0.717) is 22.2 Å². The van der Waals surface area contributed by atoms with E-state index >= 15 is 0 Å². The van der Waals surface area contributed by atoms with Gasteiger partial charge in [-0.15, -0.1) is 0 Å². The number of anilines is 1. The molecule has 2 aromatic rings. The van der Waals surface area contributed by atoms with E-state index in [1.807, 2.05) is 0 Å². The van der Waals surface area contributed by atoms with Crippen LogP contribution < -0.4 is 14.8 Å². The number of nitrogens with one attached hydrogen (secondary N) is 1. The van der Waals surface area contributed by atoms with Crippen molar-refractivity contribution in [1.82, 2.24) is 4.57 Å². The summed E-state index contributed by atoms with van der Waals surface area (Å²) in [4.78, 5) is 22.6. The Morgan fingerprint density at radius 1 is 1.26 bits per heavy atom. The summed E-state index contributed by atoms with van der Waals surface area (Å²) in [5, 5.41) is 13.7. The van der Waals surface area contributed by atoms with Gasteiger partial charge in [0.1, 0.15) is 17.2 Å². The van der Waals surface area contributed by atoms with Gasteiger partial charge in [-0.1, -0.05) is 11.6 Å². The van der Waals surface area contributed by atoms with Crippen LogP contribution in [0.4, 0.5) is 11.4 Å². The molecule has 0 unspecified atom stereocenters. The number of amides is 1. The van der Waals surface area contributed by atoms with E-state index in [9.17, 15) is 14.9 Å². The molecule has 0 aliphatic rings. The number of aromatic nitrogens is 1. The number of ether oxygens (including phenoxy) is 2. The molecule has 9 heteroatoms. The topological polar surface area (TPSA) is 95.6 Å². The first kappa shape index (κ1) is 16.6. The minimum atomic E-state index is -0.567. The summed E-state index contributed by atoms with van der Waals surface area (Å²) in [5.41, 5.74) is 0.300. The van der Waals surface area contributed by atoms with Gasteiger partial charge < -0.3 is 19.4 Å². The van der Waals surface area contributed by atoms with Crippen LogP contribution in [0, 0.1) is 10.1 Å². The van der Waals surface area contributed by atoms with Crippen LogP contribution >= 0.6 is 11.6 Å². The van der Waals surface area contributed by atoms with Crippen LogP contribution in [0.25, 0.3) is 0 Å². The second kappa shape index (κ2) is 6.57. The molecule has 0 saturated carbocycles. The fraction of sp³-hybridized carbons (Fsp3) is 0.214. The molecule has 1 amide bonds. The maximum Gasteiger partial charge on any atom is 0.287 e. The van der Waals surface area contributed by atoms with Crippen LogP contribution in [0.15, 0.2) is 24.4 Å². The zero-order chi connectivity index (χ0) is 17.1. The number of carbonyl (C=O) groups excluding carboxylic acids is 1. The van der Waals surface area contributed by atoms with Crippen molar-refractivity contribution < 1.29 is 19.2 Å². The number of carbonyl (C=O) groups is 1. The van der Waals surface area contributed by atoms with Gasteiger partial charge in [0.05, 0.1) is 36.0 Å². The highest BCUT2D eigenvalue weighted by molar-refractivity contribution is 6.32. The molecule has 1 N–H and O–H groups in total. The number of benzene rings is 1. The lowest BCUT2D eigenvalue weighted by Crippen LogP contribution is -2.16. The van der Waals surface area contributed by atoms with E-state index in [-0.39, 0.29) is 11.4 Å². The van der Waals surface area contributed by atoms with E-state index < -0.39 is 10.8 Å². The zero-order valence-electron chi connectivity index (χ0n) is 12.6. The fourth-order valence-electron chi connectivity index (χ4n) is 2.02. The summed E-state index contributed by atoms with van der Waals surface area (Å²) in [6.45, 7) is 0. The lowest BCUT2D eigenvalue weighted by Gasteiger charge is -2.13. The number of aryl methyl sites for hydroxylation is 1. The van der Waals surface area contributed by atoms with E-state index in [4.69, 9.17) is 21.1 Å². The normalized spacial score (nSPS) is 10.3. The van der Waals surface area contributed by atoms with Gasteiger partial charge in [0.15, 0.2) is 0 Å². The predicted octanol–water partition coefficient (Wildman–Crippen LogP) is 2.86. The van der Waals surface area contributed by atoms with Crippen molar-refractivity contribution in [3.05, 3.63) is 45.2 Å². The maximum atomic E-state index is 12.3. The summed E-state index contributed by atoms with van der Waals surface area (Å²) in [6.07, 6.45) is 1.26. The molecule has 2 rings (SSSR count). The highest BCUT2D eigenvalue weighted by Crippen LogP contribution is 2.36. The van der Waals surface area contributed by atoms with Crippen molar-refractivity contribution in [2.45, 2.75) is 0 Å². The molecule has 8 nitrogen and oxygen atoms in total. The zero-order valence-corrected chi connectivity index (χ0v) is 13.4. The fourth-order valence-corrected chi connectivity index (χ4v) is 2.25. The second-order valence-electron chi connectivity index (χ2n) is 4.59. The number of nitro groups is 1. The van der Waals surface area contributed by atoms with Gasteiger partial charge in [-0.2, -0.15) is 0 Å². The number of methoxy groups -OCH3 is 2. The van der Waals surface area contributed by atoms with Crippen LogP contribution in [0.1, 0.15) is 10.5 Å². The van der Waals surface area contributed by atoms with E-state index in [0.717, 1.165) is 0 Å². The van der Waals surface area contributed by atoms with Crippen molar-refractivity contribution in [2.24, 2.45) is 7.05 Å². The SMILES string of the molecule is COc1cc(NC(=O)c2cc([N+](=O)[O-])cn2C)c(OC)cc1Cl. The van der Waals surface area contributed by atoms with Crippen molar-refractivity contribution in [3.63, 3.8) is 0 Å². The Bertz CT molecular complexity index is 772. The number of hydrogen-bond acceptors (Lipinski definition) is 5. The summed E-state index contributed by atoms with van der Waals surface area (Å²) < 4.78 is 11.6. The Kier molecular flexibility index (Phi) is 4.75. The Morgan fingerprint density at radius 2 is 1.91 bits per heavy atom. The van der Waals surface area contributed by atoms with E-state index in [1.54, 1.807) is 7.05 Å². The highest BCUT2D eigenvalue weighted by atomic mass is 35.5. The first-order valence-electron chi connectivity index (χ1n) is 6.41.